The third-order valence-corrected chi connectivity index (χ3v) is 6.63. The predicted molar refractivity (Wildman–Crippen MR) is 138 cm³/mol. The van der Waals surface area contributed by atoms with Gasteiger partial charge in [-0.1, -0.05) is 60.7 Å². The Morgan fingerprint density at radius 1 is 0.735 bits per heavy atom. The second kappa shape index (κ2) is 9.41. The Morgan fingerprint density at radius 3 is 1.94 bits per heavy atom. The van der Waals surface area contributed by atoms with Crippen molar-refractivity contribution >= 4 is 11.4 Å². The Balaban J connectivity index is 1.58. The fraction of sp³-hybridized carbons (Fsp3) is 0.167. The van der Waals surface area contributed by atoms with E-state index >= 15 is 0 Å². The van der Waals surface area contributed by atoms with Crippen LogP contribution >= 0.6 is 0 Å². The second-order valence-electron chi connectivity index (χ2n) is 8.61. The molecule has 4 aromatic carbocycles. The number of nitrogens with zero attached hydrogens (tertiary/aromatic N) is 3. The molecule has 0 saturated carbocycles. The molecule has 0 bridgehead atoms. The van der Waals surface area contributed by atoms with Crippen molar-refractivity contribution in [1.29, 1.82) is 5.26 Å². The van der Waals surface area contributed by atoms with Crippen LogP contribution in [0.15, 0.2) is 91.0 Å². The lowest BCUT2D eigenvalue weighted by molar-refractivity contribution is 0.628. The summed E-state index contributed by atoms with van der Waals surface area (Å²) in [6.45, 7) is 5.48. The maximum Gasteiger partial charge on any atom is 0.123 e. The summed E-state index contributed by atoms with van der Waals surface area (Å²) in [5, 5.41) is 10.2. The van der Waals surface area contributed by atoms with E-state index in [1.807, 2.05) is 31.2 Å². The molecule has 168 valence electrons. The van der Waals surface area contributed by atoms with Crippen molar-refractivity contribution < 1.29 is 4.39 Å². The zero-order valence-electron chi connectivity index (χ0n) is 19.2. The summed E-state index contributed by atoms with van der Waals surface area (Å²) >= 11 is 0. The van der Waals surface area contributed by atoms with Gasteiger partial charge in [0.05, 0.1) is 11.3 Å². The third kappa shape index (κ3) is 4.13. The van der Waals surface area contributed by atoms with Crippen LogP contribution < -0.4 is 9.80 Å². The largest absolute Gasteiger partial charge is 0.368 e. The van der Waals surface area contributed by atoms with Crippen molar-refractivity contribution in [1.82, 2.24) is 0 Å². The quantitative estimate of drug-likeness (QED) is 0.350. The molecule has 0 N–H and O–H groups in total. The number of hydrogen-bond acceptors (Lipinski definition) is 3. The van der Waals surface area contributed by atoms with Gasteiger partial charge in [0.2, 0.25) is 0 Å². The first-order valence-corrected chi connectivity index (χ1v) is 11.6. The van der Waals surface area contributed by atoms with Crippen molar-refractivity contribution in [3.8, 4) is 28.3 Å². The fourth-order valence-corrected chi connectivity index (χ4v) is 4.87. The van der Waals surface area contributed by atoms with E-state index in [1.165, 1.54) is 17.8 Å². The van der Waals surface area contributed by atoms with Gasteiger partial charge in [-0.05, 0) is 65.1 Å². The van der Waals surface area contributed by atoms with Crippen LogP contribution in [0.25, 0.3) is 22.3 Å². The molecule has 0 radical (unpaired) electrons. The van der Waals surface area contributed by atoms with Crippen LogP contribution in [-0.2, 0) is 0 Å². The molecule has 1 aliphatic heterocycles. The Labute approximate surface area is 200 Å². The Bertz CT molecular complexity index is 1320. The SMILES string of the molecule is Cc1c(C#N)c(N2CCN(c3ccccc3)CC2)cc(-c2ccccc2)c1-c1ccc(F)cc1. The Hall–Kier alpha value is -4.10. The van der Waals surface area contributed by atoms with Crippen molar-refractivity contribution in [2.75, 3.05) is 36.0 Å². The molecule has 0 aromatic heterocycles. The third-order valence-electron chi connectivity index (χ3n) is 6.63. The summed E-state index contributed by atoms with van der Waals surface area (Å²) in [7, 11) is 0. The molecule has 1 aliphatic rings. The highest BCUT2D eigenvalue weighted by atomic mass is 19.1. The molecule has 5 rings (SSSR count). The lowest BCUT2D eigenvalue weighted by atomic mass is 9.87. The fourth-order valence-electron chi connectivity index (χ4n) is 4.87. The first-order chi connectivity index (χ1) is 16.7. The smallest absolute Gasteiger partial charge is 0.123 e. The van der Waals surface area contributed by atoms with Crippen molar-refractivity contribution in [3.05, 3.63) is 108 Å². The first kappa shape index (κ1) is 21.7. The summed E-state index contributed by atoms with van der Waals surface area (Å²) in [6.07, 6.45) is 0. The monoisotopic (exact) mass is 447 g/mol. The second-order valence-corrected chi connectivity index (χ2v) is 8.61. The number of benzene rings is 4. The standard InChI is InChI=1S/C30H26FN3/c1-22-28(21-32)29(34-18-16-33(17-19-34)26-10-6-3-7-11-26)20-27(23-8-4-2-5-9-23)30(22)24-12-14-25(31)15-13-24/h2-15,20H,16-19H2,1H3. The van der Waals surface area contributed by atoms with E-state index in [4.69, 9.17) is 0 Å². The van der Waals surface area contributed by atoms with E-state index in [0.29, 0.717) is 5.56 Å². The zero-order chi connectivity index (χ0) is 23.5. The predicted octanol–water partition coefficient (Wildman–Crippen LogP) is 6.67. The van der Waals surface area contributed by atoms with Gasteiger partial charge in [-0.3, -0.25) is 0 Å². The van der Waals surface area contributed by atoms with Crippen LogP contribution in [0.2, 0.25) is 0 Å². The van der Waals surface area contributed by atoms with E-state index in [2.05, 4.69) is 58.3 Å². The van der Waals surface area contributed by atoms with Gasteiger partial charge in [0.25, 0.3) is 0 Å². The van der Waals surface area contributed by atoms with Crippen LogP contribution in [0.3, 0.4) is 0 Å². The molecular weight excluding hydrogens is 421 g/mol. The molecule has 4 heteroatoms. The van der Waals surface area contributed by atoms with Crippen molar-refractivity contribution in [3.63, 3.8) is 0 Å². The van der Waals surface area contributed by atoms with Gasteiger partial charge in [0, 0.05) is 31.9 Å². The number of halogens is 1. The minimum Gasteiger partial charge on any atom is -0.368 e. The average Bonchev–Trinajstić information content (AvgIpc) is 2.90. The lowest BCUT2D eigenvalue weighted by Gasteiger charge is -2.38. The topological polar surface area (TPSA) is 30.3 Å². The molecule has 1 heterocycles. The van der Waals surface area contributed by atoms with Crippen LogP contribution in [0, 0.1) is 24.1 Å². The van der Waals surface area contributed by atoms with Crippen LogP contribution in [0.1, 0.15) is 11.1 Å². The number of para-hydroxylation sites is 1. The number of piperazine rings is 1. The summed E-state index contributed by atoms with van der Waals surface area (Å²) in [4.78, 5) is 4.71. The highest BCUT2D eigenvalue weighted by molar-refractivity contribution is 5.91. The summed E-state index contributed by atoms with van der Waals surface area (Å²) in [5.74, 6) is -0.268. The van der Waals surface area contributed by atoms with E-state index in [9.17, 15) is 9.65 Å². The summed E-state index contributed by atoms with van der Waals surface area (Å²) < 4.78 is 13.7. The normalized spacial score (nSPS) is 13.6. The van der Waals surface area contributed by atoms with Gasteiger partial charge in [0.1, 0.15) is 11.9 Å². The van der Waals surface area contributed by atoms with Crippen LogP contribution in [0.4, 0.5) is 15.8 Å². The van der Waals surface area contributed by atoms with Gasteiger partial charge in [-0.15, -0.1) is 0 Å². The van der Waals surface area contributed by atoms with Gasteiger partial charge >= 0.3 is 0 Å². The number of nitriles is 1. The molecule has 0 unspecified atom stereocenters. The average molecular weight is 448 g/mol. The Morgan fingerprint density at radius 2 is 1.32 bits per heavy atom. The Kier molecular flexibility index (Phi) is 6.01. The minimum absolute atomic E-state index is 0.268. The van der Waals surface area contributed by atoms with E-state index in [-0.39, 0.29) is 5.82 Å². The molecule has 34 heavy (non-hydrogen) atoms. The van der Waals surface area contributed by atoms with E-state index < -0.39 is 0 Å². The number of hydrogen-bond donors (Lipinski definition) is 0. The van der Waals surface area contributed by atoms with Gasteiger partial charge in [0.15, 0.2) is 0 Å². The van der Waals surface area contributed by atoms with Gasteiger partial charge in [-0.25, -0.2) is 4.39 Å². The number of rotatable bonds is 4. The van der Waals surface area contributed by atoms with E-state index in [0.717, 1.165) is 59.7 Å². The molecule has 1 fully saturated rings. The van der Waals surface area contributed by atoms with Crippen LogP contribution in [0.5, 0.6) is 0 Å². The van der Waals surface area contributed by atoms with Crippen molar-refractivity contribution in [2.45, 2.75) is 6.92 Å². The molecule has 1 saturated heterocycles. The summed E-state index contributed by atoms with van der Waals surface area (Å²) in [6, 6.07) is 31.9. The highest BCUT2D eigenvalue weighted by Crippen LogP contribution is 2.41. The zero-order valence-corrected chi connectivity index (χ0v) is 19.2. The van der Waals surface area contributed by atoms with Crippen molar-refractivity contribution in [2.24, 2.45) is 0 Å². The molecule has 0 amide bonds. The molecule has 0 spiro atoms. The van der Waals surface area contributed by atoms with E-state index in [1.54, 1.807) is 12.1 Å². The van der Waals surface area contributed by atoms with Crippen LogP contribution in [-0.4, -0.2) is 26.2 Å². The molecular formula is C30H26FN3. The molecule has 4 aromatic rings. The maximum atomic E-state index is 13.7. The first-order valence-electron chi connectivity index (χ1n) is 11.6. The minimum atomic E-state index is -0.268. The summed E-state index contributed by atoms with van der Waals surface area (Å²) in [5.41, 5.74) is 7.85. The lowest BCUT2D eigenvalue weighted by Crippen LogP contribution is -2.46. The molecule has 3 nitrogen and oxygen atoms in total. The molecule has 0 atom stereocenters. The van der Waals surface area contributed by atoms with Gasteiger partial charge < -0.3 is 9.80 Å². The molecule has 0 aliphatic carbocycles. The highest BCUT2D eigenvalue weighted by Gasteiger charge is 2.24. The number of anilines is 2. The maximum absolute atomic E-state index is 13.7. The van der Waals surface area contributed by atoms with Gasteiger partial charge in [-0.2, -0.15) is 5.26 Å².